The SMILES string of the molecule is CC(C)(C)CN1CCCC(O)(CNCc2cccc3[nH]ccc23)C1=O. The number of likely N-dealkylation sites (tertiary alicyclic amines) is 1. The molecule has 0 spiro atoms. The van der Waals surface area contributed by atoms with Crippen molar-refractivity contribution in [2.75, 3.05) is 19.6 Å². The third-order valence-corrected chi connectivity index (χ3v) is 4.79. The molecule has 5 nitrogen and oxygen atoms in total. The molecule has 1 atom stereocenters. The summed E-state index contributed by atoms with van der Waals surface area (Å²) < 4.78 is 0. The Morgan fingerprint density at radius 2 is 2.12 bits per heavy atom. The van der Waals surface area contributed by atoms with Crippen molar-refractivity contribution < 1.29 is 9.90 Å². The van der Waals surface area contributed by atoms with Crippen LogP contribution >= 0.6 is 0 Å². The standard InChI is InChI=1S/C20H29N3O2/c1-19(2,3)14-23-11-5-9-20(25,18(23)24)13-21-12-15-6-4-7-17-16(15)8-10-22-17/h4,6-8,10,21-22,25H,5,9,11-14H2,1-3H3. The van der Waals surface area contributed by atoms with E-state index in [-0.39, 0.29) is 17.9 Å². The van der Waals surface area contributed by atoms with Crippen LogP contribution in [0, 0.1) is 5.41 Å². The van der Waals surface area contributed by atoms with E-state index in [2.05, 4.69) is 43.2 Å². The Morgan fingerprint density at radius 1 is 1.32 bits per heavy atom. The molecule has 136 valence electrons. The van der Waals surface area contributed by atoms with Crippen molar-refractivity contribution in [3.8, 4) is 0 Å². The van der Waals surface area contributed by atoms with Crippen LogP contribution in [0.25, 0.3) is 10.9 Å². The lowest BCUT2D eigenvalue weighted by Crippen LogP contribution is -2.59. The second kappa shape index (κ2) is 6.81. The van der Waals surface area contributed by atoms with E-state index in [0.29, 0.717) is 19.5 Å². The monoisotopic (exact) mass is 343 g/mol. The van der Waals surface area contributed by atoms with Crippen molar-refractivity contribution in [2.24, 2.45) is 5.41 Å². The molecular formula is C20H29N3O2. The quantitative estimate of drug-likeness (QED) is 0.782. The second-order valence-electron chi connectivity index (χ2n) is 8.38. The van der Waals surface area contributed by atoms with E-state index in [9.17, 15) is 9.90 Å². The average molecular weight is 343 g/mol. The zero-order valence-corrected chi connectivity index (χ0v) is 15.4. The fraction of sp³-hybridized carbons (Fsp3) is 0.550. The summed E-state index contributed by atoms with van der Waals surface area (Å²) in [6.07, 6.45) is 3.29. The molecule has 0 saturated carbocycles. The van der Waals surface area contributed by atoms with E-state index in [1.807, 2.05) is 23.2 Å². The number of hydrogen-bond acceptors (Lipinski definition) is 3. The van der Waals surface area contributed by atoms with E-state index >= 15 is 0 Å². The summed E-state index contributed by atoms with van der Waals surface area (Å²) in [5, 5.41) is 15.4. The summed E-state index contributed by atoms with van der Waals surface area (Å²) >= 11 is 0. The number of aliphatic hydroxyl groups is 1. The van der Waals surface area contributed by atoms with Crippen molar-refractivity contribution in [2.45, 2.75) is 45.8 Å². The summed E-state index contributed by atoms with van der Waals surface area (Å²) in [5.41, 5.74) is 1.00. The van der Waals surface area contributed by atoms with Crippen LogP contribution in [0.2, 0.25) is 0 Å². The van der Waals surface area contributed by atoms with Crippen LogP contribution in [0.4, 0.5) is 0 Å². The number of nitrogens with zero attached hydrogens (tertiary/aromatic N) is 1. The molecule has 5 heteroatoms. The Morgan fingerprint density at radius 3 is 2.88 bits per heavy atom. The highest BCUT2D eigenvalue weighted by Gasteiger charge is 2.42. The molecule has 1 aliphatic rings. The summed E-state index contributed by atoms with van der Waals surface area (Å²) in [5.74, 6) is -0.138. The highest BCUT2D eigenvalue weighted by molar-refractivity contribution is 5.86. The molecule has 3 rings (SSSR count). The number of fused-ring (bicyclic) bond motifs is 1. The van der Waals surface area contributed by atoms with Gasteiger partial charge in [-0.2, -0.15) is 0 Å². The fourth-order valence-corrected chi connectivity index (χ4v) is 3.66. The molecule has 0 bridgehead atoms. The molecule has 0 aliphatic carbocycles. The summed E-state index contributed by atoms with van der Waals surface area (Å²) in [4.78, 5) is 17.8. The summed E-state index contributed by atoms with van der Waals surface area (Å²) in [6, 6.07) is 8.18. The molecule has 1 aromatic carbocycles. The van der Waals surface area contributed by atoms with Gasteiger partial charge in [0.2, 0.25) is 0 Å². The summed E-state index contributed by atoms with van der Waals surface area (Å²) in [7, 11) is 0. The molecular weight excluding hydrogens is 314 g/mol. The first-order valence-electron chi connectivity index (χ1n) is 9.06. The first-order valence-corrected chi connectivity index (χ1v) is 9.06. The van der Waals surface area contributed by atoms with Crippen molar-refractivity contribution in [3.05, 3.63) is 36.0 Å². The van der Waals surface area contributed by atoms with Gasteiger partial charge in [0.25, 0.3) is 5.91 Å². The molecule has 1 aromatic heterocycles. The van der Waals surface area contributed by atoms with E-state index < -0.39 is 5.60 Å². The Labute approximate surface area is 149 Å². The normalized spacial score (nSPS) is 21.9. The van der Waals surface area contributed by atoms with Crippen LogP contribution in [-0.2, 0) is 11.3 Å². The molecule has 1 aliphatic heterocycles. The minimum absolute atomic E-state index is 0.0330. The molecule has 25 heavy (non-hydrogen) atoms. The lowest BCUT2D eigenvalue weighted by molar-refractivity contribution is -0.158. The smallest absolute Gasteiger partial charge is 0.255 e. The van der Waals surface area contributed by atoms with Gasteiger partial charge in [-0.3, -0.25) is 4.79 Å². The number of aromatic nitrogens is 1. The number of rotatable bonds is 5. The largest absolute Gasteiger partial charge is 0.379 e. The predicted octanol–water partition coefficient (Wildman–Crippen LogP) is 2.66. The molecule has 2 heterocycles. The van der Waals surface area contributed by atoms with Crippen LogP contribution in [0.3, 0.4) is 0 Å². The third kappa shape index (κ3) is 4.05. The van der Waals surface area contributed by atoms with Crippen molar-refractivity contribution in [1.82, 2.24) is 15.2 Å². The van der Waals surface area contributed by atoms with Gasteiger partial charge in [0.15, 0.2) is 5.60 Å². The molecule has 1 unspecified atom stereocenters. The van der Waals surface area contributed by atoms with E-state index in [0.717, 1.165) is 24.0 Å². The maximum absolute atomic E-state index is 12.8. The van der Waals surface area contributed by atoms with E-state index in [4.69, 9.17) is 0 Å². The lowest BCUT2D eigenvalue weighted by atomic mass is 9.88. The Kier molecular flexibility index (Phi) is 4.89. The summed E-state index contributed by atoms with van der Waals surface area (Å²) in [6.45, 7) is 8.67. The zero-order chi connectivity index (χ0) is 18.1. The molecule has 3 N–H and O–H groups in total. The Hall–Kier alpha value is -1.85. The van der Waals surface area contributed by atoms with Crippen LogP contribution in [0.1, 0.15) is 39.2 Å². The zero-order valence-electron chi connectivity index (χ0n) is 15.4. The number of benzene rings is 1. The second-order valence-corrected chi connectivity index (χ2v) is 8.38. The van der Waals surface area contributed by atoms with Crippen LogP contribution < -0.4 is 5.32 Å². The molecule has 0 radical (unpaired) electrons. The fourth-order valence-electron chi connectivity index (χ4n) is 3.66. The lowest BCUT2D eigenvalue weighted by Gasteiger charge is -2.41. The number of hydrogen-bond donors (Lipinski definition) is 3. The van der Waals surface area contributed by atoms with Crippen molar-refractivity contribution >= 4 is 16.8 Å². The van der Waals surface area contributed by atoms with Gasteiger partial charge in [-0.25, -0.2) is 0 Å². The molecule has 2 aromatic rings. The maximum atomic E-state index is 12.8. The number of amides is 1. The maximum Gasteiger partial charge on any atom is 0.255 e. The van der Waals surface area contributed by atoms with Gasteiger partial charge >= 0.3 is 0 Å². The number of carbonyl (C=O) groups is 1. The first kappa shape index (κ1) is 18.0. The molecule has 1 amide bonds. The van der Waals surface area contributed by atoms with Gasteiger partial charge in [0.05, 0.1) is 0 Å². The van der Waals surface area contributed by atoms with Crippen LogP contribution in [-0.4, -0.2) is 46.1 Å². The molecule has 1 saturated heterocycles. The Bertz CT molecular complexity index is 747. The number of aromatic amines is 1. The number of piperidine rings is 1. The van der Waals surface area contributed by atoms with Gasteiger partial charge in [0, 0.05) is 43.3 Å². The number of carbonyl (C=O) groups excluding carboxylic acids is 1. The molecule has 1 fully saturated rings. The van der Waals surface area contributed by atoms with E-state index in [1.165, 1.54) is 5.39 Å². The van der Waals surface area contributed by atoms with Gasteiger partial charge in [-0.05, 0) is 36.0 Å². The minimum atomic E-state index is -1.30. The van der Waals surface area contributed by atoms with Crippen LogP contribution in [0.15, 0.2) is 30.5 Å². The van der Waals surface area contributed by atoms with Crippen LogP contribution in [0.5, 0.6) is 0 Å². The van der Waals surface area contributed by atoms with Gasteiger partial charge in [-0.15, -0.1) is 0 Å². The van der Waals surface area contributed by atoms with Gasteiger partial charge in [0.1, 0.15) is 0 Å². The van der Waals surface area contributed by atoms with Gasteiger partial charge in [-0.1, -0.05) is 32.9 Å². The van der Waals surface area contributed by atoms with Crippen molar-refractivity contribution in [1.29, 1.82) is 0 Å². The average Bonchev–Trinajstić information content (AvgIpc) is 3.00. The first-order chi connectivity index (χ1) is 11.8. The predicted molar refractivity (Wildman–Crippen MR) is 100 cm³/mol. The Balaban J connectivity index is 1.63. The minimum Gasteiger partial charge on any atom is -0.379 e. The highest BCUT2D eigenvalue weighted by atomic mass is 16.3. The third-order valence-electron chi connectivity index (χ3n) is 4.79. The highest BCUT2D eigenvalue weighted by Crippen LogP contribution is 2.26. The topological polar surface area (TPSA) is 68.4 Å². The number of H-pyrrole nitrogens is 1. The number of nitrogens with one attached hydrogen (secondary N) is 2. The van der Waals surface area contributed by atoms with Crippen molar-refractivity contribution in [3.63, 3.8) is 0 Å². The van der Waals surface area contributed by atoms with E-state index in [1.54, 1.807) is 0 Å². The van der Waals surface area contributed by atoms with Gasteiger partial charge < -0.3 is 20.3 Å².